The summed E-state index contributed by atoms with van der Waals surface area (Å²) in [5.74, 6) is 0.238. The number of hydrogen-bond acceptors (Lipinski definition) is 4. The molecule has 1 aromatic carbocycles. The summed E-state index contributed by atoms with van der Waals surface area (Å²) < 4.78 is 0.966. The fourth-order valence-corrected chi connectivity index (χ4v) is 4.27. The van der Waals surface area contributed by atoms with Crippen molar-refractivity contribution in [2.24, 2.45) is 5.92 Å². The molecule has 29 heavy (non-hydrogen) atoms. The van der Waals surface area contributed by atoms with Crippen LogP contribution in [0, 0.1) is 5.92 Å². The van der Waals surface area contributed by atoms with Crippen molar-refractivity contribution < 1.29 is 9.59 Å². The number of hydrogen-bond donors (Lipinski definition) is 1. The normalized spacial score (nSPS) is 19.3. The van der Waals surface area contributed by atoms with Crippen molar-refractivity contribution in [1.82, 2.24) is 20.0 Å². The first-order valence-electron chi connectivity index (χ1n) is 10.8. The van der Waals surface area contributed by atoms with E-state index in [9.17, 15) is 9.59 Å². The topological polar surface area (TPSA) is 55.9 Å². The summed E-state index contributed by atoms with van der Waals surface area (Å²) in [6.07, 6.45) is 3.65. The van der Waals surface area contributed by atoms with Crippen LogP contribution < -0.4 is 5.32 Å². The van der Waals surface area contributed by atoms with Gasteiger partial charge in [-0.2, -0.15) is 0 Å². The molecule has 2 saturated heterocycles. The number of unbranched alkanes of at least 4 members (excludes halogenated alkanes) is 1. The van der Waals surface area contributed by atoms with E-state index in [1.54, 1.807) is 0 Å². The van der Waals surface area contributed by atoms with E-state index in [4.69, 9.17) is 0 Å². The summed E-state index contributed by atoms with van der Waals surface area (Å²) in [5, 5.41) is 3.10. The van der Waals surface area contributed by atoms with Crippen LogP contribution in [0.3, 0.4) is 0 Å². The van der Waals surface area contributed by atoms with Crippen molar-refractivity contribution in [2.45, 2.75) is 25.7 Å². The zero-order valence-electron chi connectivity index (χ0n) is 17.4. The van der Waals surface area contributed by atoms with Crippen molar-refractivity contribution >= 4 is 27.7 Å². The van der Waals surface area contributed by atoms with Crippen LogP contribution in [0.4, 0.5) is 0 Å². The monoisotopic (exact) mass is 464 g/mol. The quantitative estimate of drug-likeness (QED) is 0.629. The van der Waals surface area contributed by atoms with Crippen LogP contribution in [0.2, 0.25) is 0 Å². The number of carbonyl (C=O) groups excluding carboxylic acids is 2. The van der Waals surface area contributed by atoms with Crippen molar-refractivity contribution in [3.05, 3.63) is 34.3 Å². The molecule has 160 valence electrons. The number of likely N-dealkylation sites (tertiary alicyclic amines) is 1. The van der Waals surface area contributed by atoms with Gasteiger partial charge in [-0.15, -0.1) is 0 Å². The predicted molar refractivity (Wildman–Crippen MR) is 119 cm³/mol. The molecule has 0 unspecified atom stereocenters. The number of piperazine rings is 1. The molecule has 0 spiro atoms. The number of halogens is 1. The summed E-state index contributed by atoms with van der Waals surface area (Å²) in [6, 6.07) is 7.45. The smallest absolute Gasteiger partial charge is 0.253 e. The molecule has 0 saturated carbocycles. The van der Waals surface area contributed by atoms with Gasteiger partial charge in [0.15, 0.2) is 0 Å². The van der Waals surface area contributed by atoms with Gasteiger partial charge in [-0.1, -0.05) is 15.9 Å². The second kappa shape index (κ2) is 11.1. The van der Waals surface area contributed by atoms with E-state index >= 15 is 0 Å². The SMILES string of the molecule is CN1CCN(CCCCNC(=O)C2CCN(C(=O)c3ccc(Br)cc3)CC2)CC1. The minimum Gasteiger partial charge on any atom is -0.356 e. The molecule has 3 rings (SSSR count). The molecule has 2 heterocycles. The molecule has 6 nitrogen and oxygen atoms in total. The van der Waals surface area contributed by atoms with Crippen LogP contribution in [0.15, 0.2) is 28.7 Å². The van der Waals surface area contributed by atoms with Gasteiger partial charge in [-0.05, 0) is 63.5 Å². The zero-order chi connectivity index (χ0) is 20.6. The Kier molecular flexibility index (Phi) is 8.51. The standard InChI is InChI=1S/C22H33BrN4O2/c1-25-14-16-26(17-15-25)11-3-2-10-24-21(28)18-8-12-27(13-9-18)22(29)19-4-6-20(23)7-5-19/h4-7,18H,2-3,8-17H2,1H3,(H,24,28). The number of nitrogens with one attached hydrogen (secondary N) is 1. The van der Waals surface area contributed by atoms with Crippen molar-refractivity contribution in [3.63, 3.8) is 0 Å². The number of carbonyl (C=O) groups is 2. The largest absolute Gasteiger partial charge is 0.356 e. The minimum atomic E-state index is 0.0293. The average molecular weight is 465 g/mol. The zero-order valence-corrected chi connectivity index (χ0v) is 19.0. The molecule has 2 aliphatic rings. The maximum Gasteiger partial charge on any atom is 0.253 e. The summed E-state index contributed by atoms with van der Waals surface area (Å²) in [7, 11) is 2.17. The van der Waals surface area contributed by atoms with Gasteiger partial charge in [0.25, 0.3) is 5.91 Å². The Balaban J connectivity index is 1.29. The molecule has 1 N–H and O–H groups in total. The lowest BCUT2D eigenvalue weighted by Gasteiger charge is -2.32. The maximum absolute atomic E-state index is 12.6. The van der Waals surface area contributed by atoms with E-state index in [1.165, 1.54) is 0 Å². The fourth-order valence-electron chi connectivity index (χ4n) is 4.01. The van der Waals surface area contributed by atoms with E-state index < -0.39 is 0 Å². The average Bonchev–Trinajstić information content (AvgIpc) is 2.75. The molecule has 0 atom stereocenters. The molecule has 0 radical (unpaired) electrons. The van der Waals surface area contributed by atoms with Crippen LogP contribution in [0.1, 0.15) is 36.0 Å². The highest BCUT2D eigenvalue weighted by molar-refractivity contribution is 9.10. The highest BCUT2D eigenvalue weighted by atomic mass is 79.9. The van der Waals surface area contributed by atoms with Gasteiger partial charge in [0.1, 0.15) is 0 Å². The van der Waals surface area contributed by atoms with E-state index in [0.717, 1.165) is 69.4 Å². The second-order valence-corrected chi connectivity index (χ2v) is 9.13. The van der Waals surface area contributed by atoms with Gasteiger partial charge >= 0.3 is 0 Å². The fraction of sp³-hybridized carbons (Fsp3) is 0.636. The summed E-state index contributed by atoms with van der Waals surface area (Å²) in [4.78, 5) is 31.8. The Bertz CT molecular complexity index is 666. The number of piperidine rings is 1. The lowest BCUT2D eigenvalue weighted by atomic mass is 9.95. The second-order valence-electron chi connectivity index (χ2n) is 8.22. The third-order valence-corrected chi connectivity index (χ3v) is 6.57. The van der Waals surface area contributed by atoms with Crippen LogP contribution in [-0.4, -0.2) is 85.9 Å². The van der Waals surface area contributed by atoms with Gasteiger partial charge in [0.05, 0.1) is 0 Å². The highest BCUT2D eigenvalue weighted by Gasteiger charge is 2.27. The summed E-state index contributed by atoms with van der Waals surface area (Å²) in [5.41, 5.74) is 0.705. The molecule has 2 fully saturated rings. The first-order chi connectivity index (χ1) is 14.0. The first-order valence-corrected chi connectivity index (χ1v) is 11.6. The molecule has 7 heteroatoms. The van der Waals surface area contributed by atoms with Gasteiger partial charge < -0.3 is 20.0 Å². The number of amides is 2. The summed E-state index contributed by atoms with van der Waals surface area (Å²) in [6.45, 7) is 7.79. The van der Waals surface area contributed by atoms with Crippen molar-refractivity contribution in [2.75, 3.05) is 59.4 Å². The number of likely N-dealkylation sites (N-methyl/N-ethyl adjacent to an activating group) is 1. The van der Waals surface area contributed by atoms with Gasteiger partial charge in [-0.3, -0.25) is 9.59 Å². The van der Waals surface area contributed by atoms with Crippen LogP contribution >= 0.6 is 15.9 Å². The van der Waals surface area contributed by atoms with E-state index in [-0.39, 0.29) is 17.7 Å². The van der Waals surface area contributed by atoms with Gasteiger partial charge in [0.2, 0.25) is 5.91 Å². The van der Waals surface area contributed by atoms with Crippen molar-refractivity contribution in [3.8, 4) is 0 Å². The molecule has 1 aromatic rings. The maximum atomic E-state index is 12.6. The molecule has 2 amide bonds. The Morgan fingerprint density at radius 2 is 1.66 bits per heavy atom. The van der Waals surface area contributed by atoms with Crippen LogP contribution in [0.25, 0.3) is 0 Å². The number of rotatable bonds is 7. The van der Waals surface area contributed by atoms with Crippen LogP contribution in [-0.2, 0) is 4.79 Å². The molecule has 0 bridgehead atoms. The Hall–Kier alpha value is -1.44. The molecular formula is C22H33BrN4O2. The Labute approximate surface area is 182 Å². The van der Waals surface area contributed by atoms with E-state index in [2.05, 4.69) is 38.1 Å². The van der Waals surface area contributed by atoms with Crippen molar-refractivity contribution in [1.29, 1.82) is 0 Å². The van der Waals surface area contributed by atoms with Gasteiger partial charge in [-0.25, -0.2) is 0 Å². The molecule has 0 aliphatic carbocycles. The minimum absolute atomic E-state index is 0.0293. The lowest BCUT2D eigenvalue weighted by Crippen LogP contribution is -2.45. The summed E-state index contributed by atoms with van der Waals surface area (Å²) >= 11 is 3.39. The third-order valence-electron chi connectivity index (χ3n) is 6.04. The number of nitrogens with zero attached hydrogens (tertiary/aromatic N) is 3. The number of benzene rings is 1. The van der Waals surface area contributed by atoms with Gasteiger partial charge in [0, 0.05) is 61.8 Å². The Morgan fingerprint density at radius 3 is 2.31 bits per heavy atom. The predicted octanol–water partition coefficient (Wildman–Crippen LogP) is 2.45. The highest BCUT2D eigenvalue weighted by Crippen LogP contribution is 2.20. The van der Waals surface area contributed by atoms with E-state index in [1.807, 2.05) is 29.2 Å². The molecule has 2 aliphatic heterocycles. The van der Waals surface area contributed by atoms with Crippen LogP contribution in [0.5, 0.6) is 0 Å². The Morgan fingerprint density at radius 1 is 1.00 bits per heavy atom. The molecular weight excluding hydrogens is 432 g/mol. The lowest BCUT2D eigenvalue weighted by molar-refractivity contribution is -0.126. The third kappa shape index (κ3) is 6.79. The molecule has 0 aromatic heterocycles. The van der Waals surface area contributed by atoms with E-state index in [0.29, 0.717) is 18.7 Å². The first kappa shape index (κ1) is 22.2.